The van der Waals surface area contributed by atoms with Crippen LogP contribution in [0.1, 0.15) is 73.4 Å². The smallest absolute Gasteiger partial charge is 0.142 e. The lowest BCUT2D eigenvalue weighted by Gasteiger charge is -2.31. The van der Waals surface area contributed by atoms with Gasteiger partial charge in [0.25, 0.3) is 0 Å². The summed E-state index contributed by atoms with van der Waals surface area (Å²) in [4.78, 5) is 6.56. The van der Waals surface area contributed by atoms with Gasteiger partial charge in [0.15, 0.2) is 0 Å². The first-order chi connectivity index (χ1) is 26.7. The molecule has 2 heterocycles. The van der Waals surface area contributed by atoms with Gasteiger partial charge in [-0.2, -0.15) is 5.26 Å². The largest absolute Gasteiger partial charge is 0.493 e. The molecule has 1 atom stereocenters. The van der Waals surface area contributed by atoms with E-state index in [1.54, 1.807) is 31.3 Å². The second kappa shape index (κ2) is 21.8. The van der Waals surface area contributed by atoms with Crippen molar-refractivity contribution < 1.29 is 29.5 Å². The summed E-state index contributed by atoms with van der Waals surface area (Å²) in [5, 5.41) is 42.0. The molecule has 0 saturated carbocycles. The number of likely N-dealkylation sites (tertiary alicyclic amines) is 1. The molecule has 3 aromatic carbocycles. The van der Waals surface area contributed by atoms with Crippen molar-refractivity contribution in [2.24, 2.45) is 5.92 Å². The zero-order valence-electron chi connectivity index (χ0n) is 32.9. The maximum Gasteiger partial charge on any atom is 0.142 e. The van der Waals surface area contributed by atoms with Crippen LogP contribution in [-0.4, -0.2) is 76.8 Å². The van der Waals surface area contributed by atoms with Gasteiger partial charge >= 0.3 is 0 Å². The van der Waals surface area contributed by atoms with Crippen LogP contribution in [0.15, 0.2) is 67.0 Å². The number of halogens is 1. The molecule has 5 rings (SSSR count). The lowest BCUT2D eigenvalue weighted by Crippen LogP contribution is -2.48. The molecule has 0 aliphatic carbocycles. The fraction of sp³-hybridized carbons (Fsp3) is 0.455. The Morgan fingerprint density at radius 3 is 2.36 bits per heavy atom. The van der Waals surface area contributed by atoms with E-state index in [2.05, 4.69) is 47.3 Å². The van der Waals surface area contributed by atoms with Crippen molar-refractivity contribution in [2.75, 3.05) is 46.1 Å². The quantitative estimate of drug-likeness (QED) is 0.0758. The second-order valence-electron chi connectivity index (χ2n) is 14.1. The third kappa shape index (κ3) is 12.1. The van der Waals surface area contributed by atoms with Gasteiger partial charge < -0.3 is 39.7 Å². The molecular formula is C44H57ClN4O6. The van der Waals surface area contributed by atoms with E-state index in [0.717, 1.165) is 78.0 Å². The van der Waals surface area contributed by atoms with Gasteiger partial charge in [-0.1, -0.05) is 55.8 Å². The number of benzene rings is 3. The van der Waals surface area contributed by atoms with Crippen LogP contribution in [0.25, 0.3) is 11.1 Å². The van der Waals surface area contributed by atoms with Gasteiger partial charge in [-0.15, -0.1) is 0 Å². The number of ether oxygens (including phenoxy) is 3. The number of piperidine rings is 1. The highest BCUT2D eigenvalue weighted by molar-refractivity contribution is 6.32. The monoisotopic (exact) mass is 772 g/mol. The molecule has 1 fully saturated rings. The maximum absolute atomic E-state index is 9.81. The molecule has 0 bridgehead atoms. The van der Waals surface area contributed by atoms with Crippen molar-refractivity contribution in [3.63, 3.8) is 0 Å². The van der Waals surface area contributed by atoms with Gasteiger partial charge in [0.05, 0.1) is 35.9 Å². The Morgan fingerprint density at radius 1 is 0.909 bits per heavy atom. The first kappa shape index (κ1) is 43.5. The van der Waals surface area contributed by atoms with E-state index in [-0.39, 0.29) is 39.6 Å². The summed E-state index contributed by atoms with van der Waals surface area (Å²) < 4.78 is 18.9. The molecule has 1 unspecified atom stereocenters. The third-order valence-electron chi connectivity index (χ3n) is 9.98. The molecule has 0 spiro atoms. The molecule has 55 heavy (non-hydrogen) atoms. The van der Waals surface area contributed by atoms with Crippen LogP contribution in [0.4, 0.5) is 0 Å². The number of nitriles is 1. The number of hydrogen-bond donors (Lipinski definition) is 4. The number of aliphatic hydroxyl groups is 3. The predicted octanol–water partition coefficient (Wildman–Crippen LogP) is 7.38. The average molecular weight is 773 g/mol. The van der Waals surface area contributed by atoms with E-state index in [4.69, 9.17) is 25.8 Å². The van der Waals surface area contributed by atoms with E-state index in [0.29, 0.717) is 40.2 Å². The van der Waals surface area contributed by atoms with Crippen molar-refractivity contribution in [1.82, 2.24) is 15.2 Å². The Kier molecular flexibility index (Phi) is 17.2. The summed E-state index contributed by atoms with van der Waals surface area (Å²) in [6.07, 6.45) is 6.31. The molecule has 0 radical (unpaired) electrons. The molecular weight excluding hydrogens is 716 g/mol. The summed E-state index contributed by atoms with van der Waals surface area (Å²) in [5.74, 6) is 2.20. The Labute approximate surface area is 331 Å². The first-order valence-corrected chi connectivity index (χ1v) is 19.6. The highest BCUT2D eigenvalue weighted by Gasteiger charge is 2.23. The van der Waals surface area contributed by atoms with Crippen LogP contribution in [0.2, 0.25) is 5.02 Å². The van der Waals surface area contributed by atoms with Gasteiger partial charge in [0, 0.05) is 55.8 Å². The van der Waals surface area contributed by atoms with E-state index >= 15 is 0 Å². The minimum absolute atomic E-state index is 0.153. The van der Waals surface area contributed by atoms with Gasteiger partial charge in [-0.25, -0.2) is 0 Å². The van der Waals surface area contributed by atoms with E-state index in [9.17, 15) is 20.6 Å². The van der Waals surface area contributed by atoms with Crippen molar-refractivity contribution in [1.29, 1.82) is 5.26 Å². The SMILES string of the molecule is CC.Cc1c(COc2cc(OCc3cncc(C#N)c3)c(CNC(C)(CO)CO)cc2Cl)cccc1-c1cccc(OCCCN2CCCC(CO)C2)c1C. The highest BCUT2D eigenvalue weighted by atomic mass is 35.5. The fourth-order valence-corrected chi connectivity index (χ4v) is 6.78. The van der Waals surface area contributed by atoms with Crippen LogP contribution in [0, 0.1) is 31.1 Å². The standard InChI is InChI=1S/C42H51ClN4O6.C2H6/c1-29-34(9-4-10-36(29)37-11-5-12-39(30(37)2)51-15-7-14-47-13-6-8-31(23-47)24-48)26-53-41-18-40(52-25-33-16-32(19-44)20-45-21-33)35(17-38(41)43)22-46-42(3,27-49)28-50;1-2/h4-5,9-12,16-18,20-21,31,46,48-50H,6-8,13-15,22-28H2,1-3H3;1-2H3. The third-order valence-corrected chi connectivity index (χ3v) is 10.3. The molecule has 4 N–H and O–H groups in total. The zero-order valence-corrected chi connectivity index (χ0v) is 33.7. The summed E-state index contributed by atoms with van der Waals surface area (Å²) in [7, 11) is 0. The van der Waals surface area contributed by atoms with Gasteiger partial charge in [0.1, 0.15) is 36.5 Å². The molecule has 10 nitrogen and oxygen atoms in total. The first-order valence-electron chi connectivity index (χ1n) is 19.2. The van der Waals surface area contributed by atoms with Gasteiger partial charge in [0.2, 0.25) is 0 Å². The Morgan fingerprint density at radius 2 is 1.64 bits per heavy atom. The lowest BCUT2D eigenvalue weighted by molar-refractivity contribution is 0.103. The maximum atomic E-state index is 9.81. The van der Waals surface area contributed by atoms with Gasteiger partial charge in [-0.3, -0.25) is 4.98 Å². The molecule has 1 aromatic heterocycles. The number of pyridine rings is 1. The zero-order chi connectivity index (χ0) is 39.8. The van der Waals surface area contributed by atoms with Crippen LogP contribution < -0.4 is 19.5 Å². The Balaban J connectivity index is 0.00000331. The molecule has 11 heteroatoms. The topological polar surface area (TPSA) is 140 Å². The number of rotatable bonds is 18. The van der Waals surface area contributed by atoms with E-state index in [1.807, 2.05) is 38.1 Å². The Bertz CT molecular complexity index is 1860. The van der Waals surface area contributed by atoms with Gasteiger partial charge in [-0.05, 0) is 98.5 Å². The predicted molar refractivity (Wildman–Crippen MR) is 218 cm³/mol. The van der Waals surface area contributed by atoms with Crippen LogP contribution >= 0.6 is 11.6 Å². The normalized spacial score (nSPS) is 14.4. The number of aliphatic hydroxyl groups excluding tert-OH is 3. The van der Waals surface area contributed by atoms with Crippen molar-refractivity contribution in [2.45, 2.75) is 79.2 Å². The number of nitrogens with zero attached hydrogens (tertiary/aromatic N) is 3. The molecule has 4 aromatic rings. The van der Waals surface area contributed by atoms with E-state index in [1.165, 1.54) is 6.20 Å². The molecule has 1 aliphatic rings. The minimum atomic E-state index is -0.908. The molecule has 1 aliphatic heterocycles. The number of aromatic nitrogens is 1. The Hall–Kier alpha value is -4.21. The second-order valence-corrected chi connectivity index (χ2v) is 14.5. The minimum Gasteiger partial charge on any atom is -0.493 e. The number of hydrogen-bond acceptors (Lipinski definition) is 10. The van der Waals surface area contributed by atoms with Crippen LogP contribution in [0.5, 0.6) is 17.2 Å². The van der Waals surface area contributed by atoms with Crippen molar-refractivity contribution in [3.05, 3.63) is 105 Å². The van der Waals surface area contributed by atoms with Crippen LogP contribution in [0.3, 0.4) is 0 Å². The number of nitrogens with one attached hydrogen (secondary N) is 1. The average Bonchev–Trinajstić information content (AvgIpc) is 3.22. The molecule has 1 saturated heterocycles. The van der Waals surface area contributed by atoms with Crippen LogP contribution in [-0.2, 0) is 19.8 Å². The van der Waals surface area contributed by atoms with E-state index < -0.39 is 5.54 Å². The fourth-order valence-electron chi connectivity index (χ4n) is 6.54. The summed E-state index contributed by atoms with van der Waals surface area (Å²) in [5.41, 5.74) is 6.32. The summed E-state index contributed by atoms with van der Waals surface area (Å²) in [6, 6.07) is 19.7. The summed E-state index contributed by atoms with van der Waals surface area (Å²) >= 11 is 6.78. The molecule has 296 valence electrons. The van der Waals surface area contributed by atoms with Crippen molar-refractivity contribution in [3.8, 4) is 34.4 Å². The lowest BCUT2D eigenvalue weighted by atomic mass is 9.93. The van der Waals surface area contributed by atoms with Crippen molar-refractivity contribution >= 4 is 11.6 Å². The molecule has 0 amide bonds. The highest BCUT2D eigenvalue weighted by Crippen LogP contribution is 2.36. The summed E-state index contributed by atoms with van der Waals surface area (Å²) in [6.45, 7) is 14.0.